The van der Waals surface area contributed by atoms with E-state index in [9.17, 15) is 9.36 Å². The molecule has 76 valence electrons. The topological polar surface area (TPSA) is 74.6 Å². The highest BCUT2D eigenvalue weighted by Gasteiger charge is 2.23. The SMILES string of the molecule is O=C(CC1CCCC1)CP(=O)(O)O. The van der Waals surface area contributed by atoms with E-state index in [0.717, 1.165) is 25.7 Å². The average molecular weight is 206 g/mol. The van der Waals surface area contributed by atoms with Gasteiger partial charge in [-0.1, -0.05) is 25.7 Å². The molecule has 0 saturated heterocycles. The van der Waals surface area contributed by atoms with Gasteiger partial charge < -0.3 is 9.79 Å². The number of hydrogen-bond acceptors (Lipinski definition) is 2. The van der Waals surface area contributed by atoms with Gasteiger partial charge in [0.1, 0.15) is 11.9 Å². The molecular weight excluding hydrogens is 191 g/mol. The summed E-state index contributed by atoms with van der Waals surface area (Å²) >= 11 is 0. The van der Waals surface area contributed by atoms with Crippen LogP contribution in [0.3, 0.4) is 0 Å². The molecule has 0 aromatic carbocycles. The third-order valence-electron chi connectivity index (χ3n) is 2.37. The van der Waals surface area contributed by atoms with Crippen LogP contribution < -0.4 is 0 Å². The summed E-state index contributed by atoms with van der Waals surface area (Å²) in [6.07, 6.45) is 4.14. The summed E-state index contributed by atoms with van der Waals surface area (Å²) in [6, 6.07) is 0. The first-order valence-corrected chi connectivity index (χ1v) is 6.33. The molecule has 0 radical (unpaired) electrons. The Balaban J connectivity index is 2.28. The van der Waals surface area contributed by atoms with Crippen LogP contribution in [0, 0.1) is 5.92 Å². The second kappa shape index (κ2) is 4.36. The van der Waals surface area contributed by atoms with Gasteiger partial charge in [-0.15, -0.1) is 0 Å². The van der Waals surface area contributed by atoms with Gasteiger partial charge in [0.05, 0.1) is 0 Å². The molecule has 13 heavy (non-hydrogen) atoms. The van der Waals surface area contributed by atoms with E-state index in [1.54, 1.807) is 0 Å². The molecule has 0 amide bonds. The van der Waals surface area contributed by atoms with Crippen molar-refractivity contribution in [3.63, 3.8) is 0 Å². The van der Waals surface area contributed by atoms with Crippen LogP contribution in [0.25, 0.3) is 0 Å². The molecule has 0 aromatic rings. The fourth-order valence-electron chi connectivity index (χ4n) is 1.83. The van der Waals surface area contributed by atoms with Gasteiger partial charge in [-0.05, 0) is 5.92 Å². The maximum atomic E-state index is 11.1. The molecule has 0 aromatic heterocycles. The highest BCUT2D eigenvalue weighted by Crippen LogP contribution is 2.36. The summed E-state index contributed by atoms with van der Waals surface area (Å²) in [5.74, 6) is 0.0827. The summed E-state index contributed by atoms with van der Waals surface area (Å²) in [5.41, 5.74) is 0. The highest BCUT2D eigenvalue weighted by atomic mass is 31.2. The molecule has 2 N–H and O–H groups in total. The number of carbonyl (C=O) groups excluding carboxylic acids is 1. The molecule has 0 atom stereocenters. The lowest BCUT2D eigenvalue weighted by atomic mass is 10.0. The van der Waals surface area contributed by atoms with Gasteiger partial charge in [0.2, 0.25) is 0 Å². The second-order valence-corrected chi connectivity index (χ2v) is 5.36. The Bertz CT molecular complexity index is 226. The minimum atomic E-state index is -4.13. The zero-order valence-corrected chi connectivity index (χ0v) is 8.37. The molecule has 4 nitrogen and oxygen atoms in total. The van der Waals surface area contributed by atoms with Crippen molar-refractivity contribution in [1.29, 1.82) is 0 Å². The van der Waals surface area contributed by atoms with Crippen LogP contribution in [0.2, 0.25) is 0 Å². The van der Waals surface area contributed by atoms with Crippen LogP contribution in [-0.4, -0.2) is 21.7 Å². The van der Waals surface area contributed by atoms with Crippen molar-refractivity contribution in [2.24, 2.45) is 5.92 Å². The maximum absolute atomic E-state index is 11.1. The van der Waals surface area contributed by atoms with Crippen molar-refractivity contribution < 1.29 is 19.1 Å². The summed E-state index contributed by atoms with van der Waals surface area (Å²) in [6.45, 7) is 0. The van der Waals surface area contributed by atoms with Crippen molar-refractivity contribution in [3.05, 3.63) is 0 Å². The molecule has 0 spiro atoms. The number of hydrogen-bond donors (Lipinski definition) is 2. The van der Waals surface area contributed by atoms with E-state index in [1.165, 1.54) is 0 Å². The minimum absolute atomic E-state index is 0.291. The Hall–Kier alpha value is -0.180. The second-order valence-electron chi connectivity index (χ2n) is 3.72. The number of Topliss-reactive ketones (excluding diaryl/α,β-unsaturated/α-hetero) is 1. The summed E-state index contributed by atoms with van der Waals surface area (Å²) in [4.78, 5) is 28.2. The zero-order chi connectivity index (χ0) is 9.90. The first-order chi connectivity index (χ1) is 5.97. The molecule has 0 unspecified atom stereocenters. The predicted molar refractivity (Wildman–Crippen MR) is 48.5 cm³/mol. The van der Waals surface area contributed by atoms with E-state index < -0.39 is 13.8 Å². The standard InChI is InChI=1S/C8H15O4P/c9-8(6-13(10,11)12)5-7-3-1-2-4-7/h7H,1-6H2,(H2,10,11,12). The highest BCUT2D eigenvalue weighted by molar-refractivity contribution is 7.52. The lowest BCUT2D eigenvalue weighted by Crippen LogP contribution is -2.09. The Morgan fingerprint density at radius 1 is 1.31 bits per heavy atom. The van der Waals surface area contributed by atoms with Gasteiger partial charge >= 0.3 is 7.60 Å². The van der Waals surface area contributed by atoms with Crippen molar-refractivity contribution in [2.75, 3.05) is 6.16 Å². The lowest BCUT2D eigenvalue weighted by molar-refractivity contribution is -0.117. The smallest absolute Gasteiger partial charge is 0.324 e. The Labute approximate surface area is 77.5 Å². The normalized spacial score (nSPS) is 19.2. The Kier molecular flexibility index (Phi) is 3.65. The number of carbonyl (C=O) groups is 1. The molecule has 1 saturated carbocycles. The van der Waals surface area contributed by atoms with E-state index in [1.807, 2.05) is 0 Å². The van der Waals surface area contributed by atoms with Gasteiger partial charge in [0.25, 0.3) is 0 Å². The molecule has 0 aliphatic heterocycles. The van der Waals surface area contributed by atoms with Crippen LogP contribution in [-0.2, 0) is 9.36 Å². The van der Waals surface area contributed by atoms with E-state index in [0.29, 0.717) is 12.3 Å². The number of rotatable bonds is 4. The van der Waals surface area contributed by atoms with Crippen molar-refractivity contribution in [3.8, 4) is 0 Å². The van der Waals surface area contributed by atoms with E-state index in [2.05, 4.69) is 0 Å². The Morgan fingerprint density at radius 2 is 1.85 bits per heavy atom. The largest absolute Gasteiger partial charge is 0.332 e. The van der Waals surface area contributed by atoms with E-state index >= 15 is 0 Å². The third kappa shape index (κ3) is 4.55. The monoisotopic (exact) mass is 206 g/mol. The van der Waals surface area contributed by atoms with Gasteiger partial charge in [-0.2, -0.15) is 0 Å². The zero-order valence-electron chi connectivity index (χ0n) is 7.48. The minimum Gasteiger partial charge on any atom is -0.324 e. The quantitative estimate of drug-likeness (QED) is 0.680. The van der Waals surface area contributed by atoms with Gasteiger partial charge in [-0.25, -0.2) is 0 Å². The van der Waals surface area contributed by atoms with Crippen LogP contribution in [0.4, 0.5) is 0 Å². The van der Waals surface area contributed by atoms with Crippen LogP contribution in [0.1, 0.15) is 32.1 Å². The maximum Gasteiger partial charge on any atom is 0.332 e. The molecule has 0 bridgehead atoms. The van der Waals surface area contributed by atoms with Crippen molar-refractivity contribution >= 4 is 13.4 Å². The van der Waals surface area contributed by atoms with Crippen molar-refractivity contribution in [2.45, 2.75) is 32.1 Å². The molecule has 0 heterocycles. The molecule has 1 rings (SSSR count). The fraction of sp³-hybridized carbons (Fsp3) is 0.875. The van der Waals surface area contributed by atoms with E-state index in [-0.39, 0.29) is 5.78 Å². The van der Waals surface area contributed by atoms with E-state index in [4.69, 9.17) is 9.79 Å². The van der Waals surface area contributed by atoms with Crippen LogP contribution in [0.5, 0.6) is 0 Å². The summed E-state index contributed by atoms with van der Waals surface area (Å²) in [5, 5.41) is 0. The van der Waals surface area contributed by atoms with Crippen LogP contribution in [0.15, 0.2) is 0 Å². The van der Waals surface area contributed by atoms with Gasteiger partial charge in [0, 0.05) is 6.42 Å². The third-order valence-corrected chi connectivity index (χ3v) is 3.14. The fourth-order valence-corrected chi connectivity index (χ4v) is 2.42. The first kappa shape index (κ1) is 10.9. The van der Waals surface area contributed by atoms with Gasteiger partial charge in [-0.3, -0.25) is 9.36 Å². The molecule has 1 aliphatic carbocycles. The first-order valence-electron chi connectivity index (χ1n) is 4.53. The van der Waals surface area contributed by atoms with Gasteiger partial charge in [0.15, 0.2) is 0 Å². The summed E-state index contributed by atoms with van der Waals surface area (Å²) in [7, 11) is -4.13. The lowest BCUT2D eigenvalue weighted by Gasteiger charge is -2.07. The van der Waals surface area contributed by atoms with Crippen LogP contribution >= 0.6 is 7.60 Å². The summed E-state index contributed by atoms with van der Waals surface area (Å²) < 4.78 is 10.5. The predicted octanol–water partition coefficient (Wildman–Crippen LogP) is 1.31. The Morgan fingerprint density at radius 3 is 2.31 bits per heavy atom. The molecule has 1 aliphatic rings. The average Bonchev–Trinajstić information content (AvgIpc) is 2.34. The molecule has 5 heteroatoms. The molecule has 1 fully saturated rings. The number of ketones is 1. The van der Waals surface area contributed by atoms with Crippen molar-refractivity contribution in [1.82, 2.24) is 0 Å². The molecular formula is C8H15O4P.